The fraction of sp³-hybridized carbons (Fsp3) is 0.448. The Morgan fingerprint density at radius 2 is 1.95 bits per heavy atom. The lowest BCUT2D eigenvalue weighted by molar-refractivity contribution is -0.147. The van der Waals surface area contributed by atoms with Gasteiger partial charge in [0.15, 0.2) is 0 Å². The number of aliphatic carboxylic acids is 1. The Balaban J connectivity index is 1.46. The molecule has 3 heterocycles. The van der Waals surface area contributed by atoms with Crippen LogP contribution in [-0.4, -0.2) is 81.3 Å². The molecule has 1 saturated heterocycles. The normalized spacial score (nSPS) is 18.0. The highest BCUT2D eigenvalue weighted by molar-refractivity contribution is 7.10. The summed E-state index contributed by atoms with van der Waals surface area (Å²) in [6.45, 7) is 3.42. The second kappa shape index (κ2) is 11.6. The van der Waals surface area contributed by atoms with Crippen molar-refractivity contribution in [1.29, 1.82) is 0 Å². The first kappa shape index (κ1) is 26.3. The van der Waals surface area contributed by atoms with Crippen molar-refractivity contribution in [3.05, 3.63) is 64.0 Å². The number of carbonyl (C=O) groups is 3. The molecule has 1 N–H and O–H groups in total. The van der Waals surface area contributed by atoms with Gasteiger partial charge in [-0.3, -0.25) is 24.3 Å². The van der Waals surface area contributed by atoms with Gasteiger partial charge >= 0.3 is 5.97 Å². The van der Waals surface area contributed by atoms with Crippen molar-refractivity contribution in [2.75, 3.05) is 32.7 Å². The fourth-order valence-corrected chi connectivity index (χ4v) is 6.85. The highest BCUT2D eigenvalue weighted by Crippen LogP contribution is 2.35. The van der Waals surface area contributed by atoms with Gasteiger partial charge in [-0.05, 0) is 43.5 Å². The molecule has 2 amide bonds. The lowest BCUT2D eigenvalue weighted by Gasteiger charge is -2.38. The monoisotopic (exact) mass is 534 g/mol. The average molecular weight is 535 g/mol. The minimum atomic E-state index is -1.01. The van der Waals surface area contributed by atoms with Crippen LogP contribution in [0.5, 0.6) is 0 Å². The number of thiophene rings is 1. The predicted molar refractivity (Wildman–Crippen MR) is 147 cm³/mol. The topological polar surface area (TPSA) is 94.1 Å². The Hall–Kier alpha value is -3.30. The van der Waals surface area contributed by atoms with Gasteiger partial charge in [-0.1, -0.05) is 37.5 Å². The number of carboxylic acids is 1. The molecule has 1 atom stereocenters. The Morgan fingerprint density at radius 3 is 2.68 bits per heavy atom. The summed E-state index contributed by atoms with van der Waals surface area (Å²) < 4.78 is 0. The Labute approximate surface area is 226 Å². The summed E-state index contributed by atoms with van der Waals surface area (Å²) in [7, 11) is 0. The number of hydrogen-bond donors (Lipinski definition) is 1. The van der Waals surface area contributed by atoms with E-state index in [4.69, 9.17) is 0 Å². The van der Waals surface area contributed by atoms with Crippen LogP contribution in [-0.2, 0) is 9.59 Å². The maximum absolute atomic E-state index is 13.6. The molecule has 1 aliphatic carbocycles. The largest absolute Gasteiger partial charge is 0.480 e. The molecule has 0 spiro atoms. The van der Waals surface area contributed by atoms with Gasteiger partial charge in [-0.15, -0.1) is 11.3 Å². The number of rotatable bonds is 8. The number of amides is 2. The highest BCUT2D eigenvalue weighted by Gasteiger charge is 2.33. The fourth-order valence-electron chi connectivity index (χ4n) is 5.80. The van der Waals surface area contributed by atoms with Crippen LogP contribution in [0.3, 0.4) is 0 Å². The van der Waals surface area contributed by atoms with Crippen molar-refractivity contribution in [1.82, 2.24) is 19.7 Å². The van der Waals surface area contributed by atoms with E-state index >= 15 is 0 Å². The number of para-hydroxylation sites is 1. The van der Waals surface area contributed by atoms with Crippen molar-refractivity contribution in [2.45, 2.75) is 51.1 Å². The number of carboxylic acid groups (broad SMARTS) is 1. The first-order valence-electron chi connectivity index (χ1n) is 13.4. The molecule has 8 nitrogen and oxygen atoms in total. The number of carbonyl (C=O) groups excluding carboxylic acids is 2. The van der Waals surface area contributed by atoms with Crippen LogP contribution in [0.1, 0.15) is 65.9 Å². The van der Waals surface area contributed by atoms with E-state index < -0.39 is 5.97 Å². The molecule has 0 radical (unpaired) electrons. The SMILES string of the molecule is CCN(C(=O)c1csc(C(c2cnc3ccccc3c2)N2CCN(CC(=O)O)C(=O)C2)c1)C1CCCCC1. The van der Waals surface area contributed by atoms with Gasteiger partial charge in [0.1, 0.15) is 6.54 Å². The van der Waals surface area contributed by atoms with Crippen molar-refractivity contribution in [2.24, 2.45) is 0 Å². The van der Waals surface area contributed by atoms with Crippen molar-refractivity contribution >= 4 is 40.0 Å². The Bertz CT molecular complexity index is 1320. The van der Waals surface area contributed by atoms with E-state index in [1.807, 2.05) is 53.7 Å². The van der Waals surface area contributed by atoms with E-state index in [0.29, 0.717) is 31.2 Å². The van der Waals surface area contributed by atoms with Crippen molar-refractivity contribution in [3.8, 4) is 0 Å². The second-order valence-corrected chi connectivity index (χ2v) is 11.1. The van der Waals surface area contributed by atoms with Gasteiger partial charge in [-0.25, -0.2) is 0 Å². The molecule has 38 heavy (non-hydrogen) atoms. The Morgan fingerprint density at radius 1 is 1.16 bits per heavy atom. The zero-order valence-corrected chi connectivity index (χ0v) is 22.5. The van der Waals surface area contributed by atoms with Crippen LogP contribution in [0.4, 0.5) is 0 Å². The lowest BCUT2D eigenvalue weighted by Crippen LogP contribution is -2.52. The summed E-state index contributed by atoms with van der Waals surface area (Å²) in [6.07, 6.45) is 7.55. The number of aromatic nitrogens is 1. The van der Waals surface area contributed by atoms with Crippen LogP contribution in [0.2, 0.25) is 0 Å². The third-order valence-corrected chi connectivity index (χ3v) is 8.71. The van der Waals surface area contributed by atoms with E-state index in [-0.39, 0.29) is 30.9 Å². The lowest BCUT2D eigenvalue weighted by atomic mass is 9.94. The summed E-state index contributed by atoms with van der Waals surface area (Å²) in [5, 5.41) is 12.1. The molecule has 1 saturated carbocycles. The number of benzene rings is 1. The number of piperazine rings is 1. The third-order valence-electron chi connectivity index (χ3n) is 7.72. The maximum Gasteiger partial charge on any atom is 0.323 e. The average Bonchev–Trinajstić information content (AvgIpc) is 3.41. The molecule has 9 heteroatoms. The zero-order valence-electron chi connectivity index (χ0n) is 21.7. The zero-order chi connectivity index (χ0) is 26.6. The predicted octanol–water partition coefficient (Wildman–Crippen LogP) is 4.41. The van der Waals surface area contributed by atoms with E-state index in [1.54, 1.807) is 0 Å². The quantitative estimate of drug-likeness (QED) is 0.460. The summed E-state index contributed by atoms with van der Waals surface area (Å²) >= 11 is 1.53. The van der Waals surface area contributed by atoms with Crippen molar-refractivity contribution < 1.29 is 19.5 Å². The van der Waals surface area contributed by atoms with E-state index in [1.165, 1.54) is 35.5 Å². The van der Waals surface area contributed by atoms with Gasteiger partial charge < -0.3 is 14.9 Å². The number of fused-ring (bicyclic) bond motifs is 1. The summed E-state index contributed by atoms with van der Waals surface area (Å²) in [6, 6.07) is 12.0. The van der Waals surface area contributed by atoms with Crippen LogP contribution in [0.25, 0.3) is 10.9 Å². The third kappa shape index (κ3) is 5.59. The maximum atomic E-state index is 13.6. The van der Waals surface area contributed by atoms with Gasteiger partial charge in [0.2, 0.25) is 5.91 Å². The number of pyridine rings is 1. The summed E-state index contributed by atoms with van der Waals surface area (Å²) in [4.78, 5) is 48.8. The number of nitrogens with zero attached hydrogens (tertiary/aromatic N) is 4. The van der Waals surface area contributed by atoms with Gasteiger partial charge in [0.05, 0.1) is 23.7 Å². The van der Waals surface area contributed by atoms with Crippen LogP contribution in [0, 0.1) is 0 Å². The Kier molecular flexibility index (Phi) is 8.04. The molecule has 3 aromatic rings. The smallest absolute Gasteiger partial charge is 0.323 e. The molecule has 1 aromatic carbocycles. The minimum absolute atomic E-state index is 0.0691. The van der Waals surface area contributed by atoms with E-state index in [2.05, 4.69) is 16.0 Å². The molecule has 2 fully saturated rings. The van der Waals surface area contributed by atoms with E-state index in [0.717, 1.165) is 34.2 Å². The molecule has 1 unspecified atom stereocenters. The van der Waals surface area contributed by atoms with Crippen LogP contribution in [0.15, 0.2) is 48.0 Å². The molecular formula is C29H34N4O4S. The van der Waals surface area contributed by atoms with Crippen LogP contribution >= 0.6 is 11.3 Å². The molecule has 5 rings (SSSR count). The first-order chi connectivity index (χ1) is 18.4. The first-order valence-corrected chi connectivity index (χ1v) is 14.3. The van der Waals surface area contributed by atoms with Gasteiger partial charge in [0, 0.05) is 47.5 Å². The minimum Gasteiger partial charge on any atom is -0.480 e. The molecule has 2 aliphatic rings. The van der Waals surface area contributed by atoms with Gasteiger partial charge in [0.25, 0.3) is 5.91 Å². The van der Waals surface area contributed by atoms with Crippen LogP contribution < -0.4 is 0 Å². The van der Waals surface area contributed by atoms with Gasteiger partial charge in [-0.2, -0.15) is 0 Å². The second-order valence-electron chi connectivity index (χ2n) is 10.2. The molecular weight excluding hydrogens is 500 g/mol. The summed E-state index contributed by atoms with van der Waals surface area (Å²) in [5.74, 6) is -1.15. The van der Waals surface area contributed by atoms with Crippen molar-refractivity contribution in [3.63, 3.8) is 0 Å². The van der Waals surface area contributed by atoms with E-state index in [9.17, 15) is 19.5 Å². The highest BCUT2D eigenvalue weighted by atomic mass is 32.1. The standard InChI is InChI=1S/C29H34N4O4S/c1-2-33(23-9-4-3-5-10-23)29(37)22-15-25(38-19-22)28(21-14-20-8-6-7-11-24(20)30-16-21)32-13-12-31(18-27(35)36)26(34)17-32/h6-8,11,14-16,19,23,28H,2-5,9-10,12-13,17-18H2,1H3,(H,35,36). The molecule has 2 aromatic heterocycles. The number of hydrogen-bond acceptors (Lipinski definition) is 6. The molecule has 200 valence electrons. The summed E-state index contributed by atoms with van der Waals surface area (Å²) in [5.41, 5.74) is 2.53. The molecule has 0 bridgehead atoms. The molecule has 1 aliphatic heterocycles.